The number of benzene rings is 2. The van der Waals surface area contributed by atoms with Gasteiger partial charge in [0.25, 0.3) is 0 Å². The standard InChI is InChI=1S/C17H18FN3O2.C9H10BrN3O.C8H8BFO2/c1-3-21-9-12(8-20-21)6-16-17(19-10-23-16)14-5-4-13(18)7-15(14)11(2)22;1-2-13-5-7(4-12-13)3-8-9(10)11-6-14-8;1-5-7-4-6(10)2-3-8(7)9(11)12-5/h4-5,7-11,22H,3,6H2,1-2H3;4-6H,2-3H2,1H3;2-5,11H,1H3/t11-;;5-/m1.1/s1. The molecule has 4 aromatic heterocycles. The topological polar surface area (TPSA) is 137 Å². The van der Waals surface area contributed by atoms with Crippen molar-refractivity contribution in [3.63, 3.8) is 0 Å². The number of aromatic nitrogens is 6. The number of rotatable bonds is 8. The van der Waals surface area contributed by atoms with E-state index in [2.05, 4.69) is 43.0 Å². The van der Waals surface area contributed by atoms with Crippen molar-refractivity contribution in [1.29, 1.82) is 0 Å². The van der Waals surface area contributed by atoms with E-state index in [1.54, 1.807) is 32.2 Å². The molecular formula is C34H36BBrF2N6O5. The van der Waals surface area contributed by atoms with Crippen LogP contribution in [0.1, 0.15) is 73.7 Å². The van der Waals surface area contributed by atoms with Gasteiger partial charge in [-0.05, 0) is 102 Å². The molecule has 0 unspecified atom stereocenters. The molecule has 1 aliphatic rings. The first-order valence-corrected chi connectivity index (χ1v) is 16.5. The first kappa shape index (κ1) is 35.9. The maximum absolute atomic E-state index is 13.5. The number of oxazole rings is 2. The molecule has 2 atom stereocenters. The number of hydrogen-bond acceptors (Lipinski definition) is 9. The van der Waals surface area contributed by atoms with Gasteiger partial charge in [-0.3, -0.25) is 9.36 Å². The minimum Gasteiger partial charge on any atom is -0.447 e. The van der Waals surface area contributed by atoms with E-state index in [-0.39, 0.29) is 17.7 Å². The second-order valence-electron chi connectivity index (χ2n) is 11.3. The van der Waals surface area contributed by atoms with Crippen LogP contribution >= 0.6 is 15.9 Å². The van der Waals surface area contributed by atoms with E-state index in [0.29, 0.717) is 34.5 Å². The lowest BCUT2D eigenvalue weighted by Crippen LogP contribution is -2.27. The normalized spacial score (nSPS) is 14.1. The summed E-state index contributed by atoms with van der Waals surface area (Å²) in [5.41, 5.74) is 5.32. The summed E-state index contributed by atoms with van der Waals surface area (Å²) in [6, 6.07) is 8.58. The summed E-state index contributed by atoms with van der Waals surface area (Å²) >= 11 is 3.32. The Bertz CT molecular complexity index is 1980. The van der Waals surface area contributed by atoms with Crippen LogP contribution in [-0.4, -0.2) is 46.8 Å². The predicted octanol–water partition coefficient (Wildman–Crippen LogP) is 6.19. The summed E-state index contributed by atoms with van der Waals surface area (Å²) in [5, 5.41) is 27.6. The maximum atomic E-state index is 13.5. The van der Waals surface area contributed by atoms with Crippen molar-refractivity contribution >= 4 is 28.5 Å². The molecule has 1 aliphatic heterocycles. The van der Waals surface area contributed by atoms with Crippen LogP contribution in [0.3, 0.4) is 0 Å². The Morgan fingerprint density at radius 3 is 2.08 bits per heavy atom. The summed E-state index contributed by atoms with van der Waals surface area (Å²) in [7, 11) is -0.893. The molecule has 2 aromatic carbocycles. The van der Waals surface area contributed by atoms with Crippen molar-refractivity contribution in [3.05, 3.63) is 124 Å². The SMILES string of the molecule is CCn1cc(Cc2ocnc2-c2ccc(F)cc2[C@@H](C)O)cn1.CCn1cc(Cc2ocnc2Br)cn1.C[C@H]1OB(O)c2ccc(F)cc21. The Labute approximate surface area is 290 Å². The summed E-state index contributed by atoms with van der Waals surface area (Å²) < 4.78 is 46.5. The number of aliphatic hydroxyl groups is 1. The minimum absolute atomic E-state index is 0.217. The average Bonchev–Trinajstić information content (AvgIpc) is 3.93. The van der Waals surface area contributed by atoms with Crippen LogP contribution in [0.25, 0.3) is 11.3 Å². The Kier molecular flexibility index (Phi) is 11.9. The van der Waals surface area contributed by atoms with Crippen molar-refractivity contribution in [3.8, 4) is 11.3 Å². The molecule has 2 N–H and O–H groups in total. The largest absolute Gasteiger partial charge is 0.491 e. The van der Waals surface area contributed by atoms with Gasteiger partial charge in [0.1, 0.15) is 33.5 Å². The van der Waals surface area contributed by atoms with Crippen LogP contribution < -0.4 is 5.46 Å². The average molecular weight is 737 g/mol. The zero-order valence-corrected chi connectivity index (χ0v) is 29.0. The van der Waals surface area contributed by atoms with E-state index in [1.165, 1.54) is 37.1 Å². The van der Waals surface area contributed by atoms with Crippen LogP contribution in [0.4, 0.5) is 8.78 Å². The molecule has 0 aliphatic carbocycles. The van der Waals surface area contributed by atoms with Crippen LogP contribution in [0.2, 0.25) is 0 Å². The third-order valence-electron chi connectivity index (χ3n) is 7.79. The maximum Gasteiger partial charge on any atom is 0.491 e. The van der Waals surface area contributed by atoms with Gasteiger partial charge in [-0.25, -0.2) is 18.7 Å². The highest BCUT2D eigenvalue weighted by Gasteiger charge is 2.32. The molecular weight excluding hydrogens is 701 g/mol. The molecule has 11 nitrogen and oxygen atoms in total. The third-order valence-corrected chi connectivity index (χ3v) is 8.43. The second-order valence-corrected chi connectivity index (χ2v) is 12.0. The number of aryl methyl sites for hydroxylation is 2. The molecule has 0 saturated carbocycles. The number of halogens is 3. The third kappa shape index (κ3) is 8.98. The molecule has 0 radical (unpaired) electrons. The van der Waals surface area contributed by atoms with Crippen molar-refractivity contribution in [2.24, 2.45) is 0 Å². The van der Waals surface area contributed by atoms with E-state index in [0.717, 1.165) is 46.6 Å². The number of fused-ring (bicyclic) bond motifs is 1. The Morgan fingerprint density at radius 2 is 1.49 bits per heavy atom. The van der Waals surface area contributed by atoms with E-state index >= 15 is 0 Å². The van der Waals surface area contributed by atoms with Gasteiger partial charge in [-0.2, -0.15) is 10.2 Å². The molecule has 0 amide bonds. The van der Waals surface area contributed by atoms with Gasteiger partial charge >= 0.3 is 7.12 Å². The number of hydrogen-bond donors (Lipinski definition) is 2. The number of aliphatic hydroxyl groups excluding tert-OH is 1. The fraction of sp³-hybridized carbons (Fsp3) is 0.294. The van der Waals surface area contributed by atoms with E-state index in [9.17, 15) is 18.9 Å². The zero-order chi connectivity index (χ0) is 35.1. The van der Waals surface area contributed by atoms with Crippen molar-refractivity contribution in [1.82, 2.24) is 29.5 Å². The van der Waals surface area contributed by atoms with Gasteiger partial charge in [0.2, 0.25) is 0 Å². The summed E-state index contributed by atoms with van der Waals surface area (Å²) in [5.74, 6) is 0.812. The summed E-state index contributed by atoms with van der Waals surface area (Å²) in [6.45, 7) is 9.15. The molecule has 0 fully saturated rings. The highest BCUT2D eigenvalue weighted by molar-refractivity contribution is 9.10. The summed E-state index contributed by atoms with van der Waals surface area (Å²) in [4.78, 5) is 8.22. The molecule has 0 spiro atoms. The van der Waals surface area contributed by atoms with Gasteiger partial charge in [-0.1, -0.05) is 6.07 Å². The molecule has 0 saturated heterocycles. The van der Waals surface area contributed by atoms with E-state index in [1.807, 2.05) is 34.9 Å². The van der Waals surface area contributed by atoms with Crippen molar-refractivity contribution < 1.29 is 32.4 Å². The second kappa shape index (κ2) is 16.3. The molecule has 7 rings (SSSR count). The predicted molar refractivity (Wildman–Crippen MR) is 182 cm³/mol. The molecule has 0 bridgehead atoms. The van der Waals surface area contributed by atoms with Crippen LogP contribution in [0.15, 0.2) is 87.4 Å². The first-order chi connectivity index (χ1) is 23.6. The minimum atomic E-state index is -0.893. The van der Waals surface area contributed by atoms with Crippen LogP contribution in [0, 0.1) is 11.6 Å². The monoisotopic (exact) mass is 736 g/mol. The van der Waals surface area contributed by atoms with Gasteiger partial charge in [0.15, 0.2) is 12.8 Å². The Balaban J connectivity index is 0.000000154. The fourth-order valence-electron chi connectivity index (χ4n) is 5.26. The zero-order valence-electron chi connectivity index (χ0n) is 27.4. The van der Waals surface area contributed by atoms with E-state index < -0.39 is 13.2 Å². The number of nitrogens with zero attached hydrogens (tertiary/aromatic N) is 6. The molecule has 49 heavy (non-hydrogen) atoms. The van der Waals surface area contributed by atoms with Gasteiger partial charge in [0, 0.05) is 43.9 Å². The fourth-order valence-corrected chi connectivity index (χ4v) is 5.57. The lowest BCUT2D eigenvalue weighted by Gasteiger charge is -2.11. The van der Waals surface area contributed by atoms with Gasteiger partial charge in [-0.15, -0.1) is 0 Å². The quantitative estimate of drug-likeness (QED) is 0.175. The molecule has 256 valence electrons. The highest BCUT2D eigenvalue weighted by Crippen LogP contribution is 2.31. The van der Waals surface area contributed by atoms with Crippen LogP contribution in [0.5, 0.6) is 0 Å². The molecule has 6 aromatic rings. The highest BCUT2D eigenvalue weighted by atomic mass is 79.9. The van der Waals surface area contributed by atoms with Crippen molar-refractivity contribution in [2.75, 3.05) is 0 Å². The van der Waals surface area contributed by atoms with Gasteiger partial charge < -0.3 is 23.6 Å². The molecule has 5 heterocycles. The summed E-state index contributed by atoms with van der Waals surface area (Å²) in [6.07, 6.45) is 10.6. The Morgan fingerprint density at radius 1 is 0.898 bits per heavy atom. The lowest BCUT2D eigenvalue weighted by molar-refractivity contribution is 0.199. The first-order valence-electron chi connectivity index (χ1n) is 15.7. The Hall–Kier alpha value is -4.44. The van der Waals surface area contributed by atoms with Crippen LogP contribution in [-0.2, 0) is 30.6 Å². The van der Waals surface area contributed by atoms with Gasteiger partial charge in [0.05, 0.1) is 24.6 Å². The lowest BCUT2D eigenvalue weighted by atomic mass is 9.79. The molecule has 15 heteroatoms. The van der Waals surface area contributed by atoms with Crippen molar-refractivity contribution in [2.45, 2.75) is 65.8 Å². The van der Waals surface area contributed by atoms with E-state index in [4.69, 9.17) is 13.5 Å². The smallest absolute Gasteiger partial charge is 0.447 e.